The number of benzene rings is 1. The molecule has 2 aromatic heterocycles. The number of hydrogen-bond acceptors (Lipinski definition) is 4. The molecule has 0 aliphatic heterocycles. The van der Waals surface area contributed by atoms with Crippen molar-refractivity contribution in [3.63, 3.8) is 0 Å². The lowest BCUT2D eigenvalue weighted by Gasteiger charge is -2.24. The molecular formula is C26H28ClF3N4O. The van der Waals surface area contributed by atoms with Gasteiger partial charge in [-0.2, -0.15) is 13.2 Å². The van der Waals surface area contributed by atoms with Crippen molar-refractivity contribution in [1.82, 2.24) is 14.9 Å². The van der Waals surface area contributed by atoms with Crippen molar-refractivity contribution in [3.05, 3.63) is 87.3 Å². The van der Waals surface area contributed by atoms with E-state index in [-0.39, 0.29) is 47.2 Å². The molecule has 0 unspecified atom stereocenters. The number of anilines is 1. The Morgan fingerprint density at radius 1 is 1.09 bits per heavy atom. The van der Waals surface area contributed by atoms with Gasteiger partial charge in [0.05, 0.1) is 34.1 Å². The minimum Gasteiger partial charge on any atom is -0.382 e. The number of nitrogens with two attached hydrogens (primary N) is 1. The van der Waals surface area contributed by atoms with Gasteiger partial charge >= 0.3 is 6.18 Å². The number of carbonyl (C=O) groups excluding carboxylic acids is 1. The third-order valence-corrected chi connectivity index (χ3v) is 5.98. The zero-order valence-corrected chi connectivity index (χ0v) is 20.8. The lowest BCUT2D eigenvalue weighted by molar-refractivity contribution is -0.137. The summed E-state index contributed by atoms with van der Waals surface area (Å²) in [7, 11) is 0. The van der Waals surface area contributed by atoms with E-state index in [2.05, 4.69) is 30.7 Å². The molecular weight excluding hydrogens is 477 g/mol. The Morgan fingerprint density at radius 3 is 2.40 bits per heavy atom. The average Bonchev–Trinajstić information content (AvgIpc) is 2.78. The summed E-state index contributed by atoms with van der Waals surface area (Å²) < 4.78 is 39.4. The highest BCUT2D eigenvalue weighted by atomic mass is 35.5. The lowest BCUT2D eigenvalue weighted by atomic mass is 9.88. The summed E-state index contributed by atoms with van der Waals surface area (Å²) in [5.74, 6) is -0.235. The molecule has 3 aromatic rings. The topological polar surface area (TPSA) is 72.1 Å². The third-order valence-electron chi connectivity index (χ3n) is 5.68. The number of rotatable bonds is 6. The van der Waals surface area contributed by atoms with E-state index in [1.807, 2.05) is 12.1 Å². The Bertz CT molecular complexity index is 1200. The first-order valence-corrected chi connectivity index (χ1v) is 11.5. The van der Waals surface area contributed by atoms with Crippen LogP contribution in [0.5, 0.6) is 0 Å². The maximum atomic E-state index is 13.5. The summed E-state index contributed by atoms with van der Waals surface area (Å²) in [6, 6.07) is 10.4. The number of alkyl halides is 3. The second kappa shape index (κ2) is 10.2. The molecule has 186 valence electrons. The molecule has 1 aromatic carbocycles. The zero-order chi connectivity index (χ0) is 26.0. The predicted octanol–water partition coefficient (Wildman–Crippen LogP) is 6.22. The van der Waals surface area contributed by atoms with Crippen molar-refractivity contribution in [2.45, 2.75) is 52.3 Å². The second-order valence-corrected chi connectivity index (χ2v) is 9.86. The first kappa shape index (κ1) is 26.5. The van der Waals surface area contributed by atoms with E-state index in [0.29, 0.717) is 17.0 Å². The minimum atomic E-state index is -4.44. The normalized spacial score (nSPS) is 12.0. The maximum absolute atomic E-state index is 13.5. The average molecular weight is 505 g/mol. The summed E-state index contributed by atoms with van der Waals surface area (Å²) in [5.41, 5.74) is 7.82. The number of aromatic nitrogens is 2. The van der Waals surface area contributed by atoms with Gasteiger partial charge in [-0.1, -0.05) is 56.6 Å². The Morgan fingerprint density at radius 2 is 1.80 bits per heavy atom. The molecule has 0 aliphatic rings. The van der Waals surface area contributed by atoms with E-state index in [0.717, 1.165) is 17.7 Å². The number of hydrogen-bond donors (Lipinski definition) is 1. The number of amides is 1. The summed E-state index contributed by atoms with van der Waals surface area (Å²) in [5, 5.41) is 0.157. The maximum Gasteiger partial charge on any atom is 0.416 e. The minimum absolute atomic E-state index is 0.0754. The van der Waals surface area contributed by atoms with Crippen LogP contribution >= 0.6 is 11.6 Å². The number of aryl methyl sites for hydroxylation is 1. The van der Waals surface area contributed by atoms with Crippen LogP contribution in [0.15, 0.2) is 48.7 Å². The van der Waals surface area contributed by atoms with Gasteiger partial charge in [0.25, 0.3) is 5.91 Å². The van der Waals surface area contributed by atoms with E-state index in [1.54, 1.807) is 19.2 Å². The Balaban J connectivity index is 1.90. The fourth-order valence-corrected chi connectivity index (χ4v) is 3.71. The van der Waals surface area contributed by atoms with Gasteiger partial charge in [0, 0.05) is 12.7 Å². The molecule has 0 bridgehead atoms. The van der Waals surface area contributed by atoms with Crippen molar-refractivity contribution in [3.8, 4) is 0 Å². The summed E-state index contributed by atoms with van der Waals surface area (Å²) in [6.45, 7) is 8.23. The molecule has 3 rings (SSSR count). The molecule has 2 N–H and O–H groups in total. The van der Waals surface area contributed by atoms with Crippen LogP contribution in [0.25, 0.3) is 0 Å². The van der Waals surface area contributed by atoms with E-state index in [1.165, 1.54) is 17.0 Å². The van der Waals surface area contributed by atoms with Crippen molar-refractivity contribution in [2.75, 3.05) is 12.3 Å². The largest absolute Gasteiger partial charge is 0.416 e. The van der Waals surface area contributed by atoms with Crippen LogP contribution in [-0.2, 0) is 24.6 Å². The molecule has 0 atom stereocenters. The Labute approximate surface area is 208 Å². The molecule has 0 aliphatic carbocycles. The van der Waals surface area contributed by atoms with Crippen LogP contribution in [0.2, 0.25) is 5.02 Å². The van der Waals surface area contributed by atoms with Gasteiger partial charge in [-0.15, -0.1) is 0 Å². The van der Waals surface area contributed by atoms with Crippen LogP contribution in [-0.4, -0.2) is 27.3 Å². The molecule has 0 saturated heterocycles. The molecule has 0 fully saturated rings. The fourth-order valence-electron chi connectivity index (χ4n) is 3.56. The number of pyridine rings is 2. The zero-order valence-electron chi connectivity index (χ0n) is 20.1. The first-order valence-electron chi connectivity index (χ1n) is 11.1. The summed E-state index contributed by atoms with van der Waals surface area (Å²) in [6.07, 6.45) is -2.43. The quantitative estimate of drug-likeness (QED) is 0.432. The lowest BCUT2D eigenvalue weighted by Crippen LogP contribution is -2.33. The highest BCUT2D eigenvalue weighted by Crippen LogP contribution is 2.30. The number of halogens is 4. The summed E-state index contributed by atoms with van der Waals surface area (Å²) >= 11 is 6.11. The van der Waals surface area contributed by atoms with Crippen molar-refractivity contribution < 1.29 is 18.0 Å². The monoisotopic (exact) mass is 504 g/mol. The highest BCUT2D eigenvalue weighted by Gasteiger charge is 2.30. The van der Waals surface area contributed by atoms with Gasteiger partial charge in [0.2, 0.25) is 0 Å². The van der Waals surface area contributed by atoms with E-state index in [9.17, 15) is 18.0 Å². The molecule has 2 heterocycles. The van der Waals surface area contributed by atoms with Crippen LogP contribution in [0.1, 0.15) is 59.2 Å². The first-order chi connectivity index (χ1) is 16.3. The SMILES string of the molecule is Cc1nc(N)c(Cl)cc1C(=O)N(CCc1cccc(C(F)(F)F)c1)Cc1ccc(C(C)(C)C)cn1. The smallest absolute Gasteiger partial charge is 0.382 e. The van der Waals surface area contributed by atoms with Gasteiger partial charge < -0.3 is 10.6 Å². The molecule has 1 amide bonds. The number of nitrogen functional groups attached to an aromatic ring is 1. The van der Waals surface area contributed by atoms with Crippen molar-refractivity contribution in [2.24, 2.45) is 0 Å². The van der Waals surface area contributed by atoms with Gasteiger partial charge in [-0.25, -0.2) is 4.98 Å². The third kappa shape index (κ3) is 6.72. The molecule has 0 spiro atoms. The predicted molar refractivity (Wildman–Crippen MR) is 131 cm³/mol. The summed E-state index contributed by atoms with van der Waals surface area (Å²) in [4.78, 5) is 23.7. The Hall–Kier alpha value is -3.13. The van der Waals surface area contributed by atoms with Crippen LogP contribution in [0, 0.1) is 6.92 Å². The highest BCUT2D eigenvalue weighted by molar-refractivity contribution is 6.33. The van der Waals surface area contributed by atoms with Crippen LogP contribution in [0.4, 0.5) is 19.0 Å². The van der Waals surface area contributed by atoms with Crippen LogP contribution in [0.3, 0.4) is 0 Å². The van der Waals surface area contributed by atoms with Gasteiger partial charge in [-0.05, 0) is 48.1 Å². The number of nitrogens with zero attached hydrogens (tertiary/aromatic N) is 3. The van der Waals surface area contributed by atoms with Gasteiger partial charge in [0.15, 0.2) is 0 Å². The number of carbonyl (C=O) groups is 1. The molecule has 35 heavy (non-hydrogen) atoms. The van der Waals surface area contributed by atoms with E-state index < -0.39 is 11.7 Å². The standard InChI is InChI=1S/C26H28ClF3N4O/c1-16-21(13-22(27)23(31)33-16)24(35)34(15-20-9-8-19(14-32-20)25(2,3)4)11-10-17-6-5-7-18(12-17)26(28,29)30/h5-9,12-14H,10-11,15H2,1-4H3,(H2,31,33). The fraction of sp³-hybridized carbons (Fsp3) is 0.346. The van der Waals surface area contributed by atoms with E-state index >= 15 is 0 Å². The van der Waals surface area contributed by atoms with Crippen LogP contribution < -0.4 is 5.73 Å². The molecule has 9 heteroatoms. The van der Waals surface area contributed by atoms with Gasteiger partial charge in [0.1, 0.15) is 5.82 Å². The second-order valence-electron chi connectivity index (χ2n) is 9.45. The Kier molecular flexibility index (Phi) is 7.74. The molecule has 0 saturated carbocycles. The van der Waals surface area contributed by atoms with E-state index in [4.69, 9.17) is 17.3 Å². The van der Waals surface area contributed by atoms with Crippen molar-refractivity contribution in [1.29, 1.82) is 0 Å². The van der Waals surface area contributed by atoms with Gasteiger partial charge in [-0.3, -0.25) is 9.78 Å². The molecule has 5 nitrogen and oxygen atoms in total. The van der Waals surface area contributed by atoms with Crippen molar-refractivity contribution >= 4 is 23.3 Å². The molecule has 0 radical (unpaired) electrons.